The van der Waals surface area contributed by atoms with Crippen LogP contribution in [0.5, 0.6) is 0 Å². The van der Waals surface area contributed by atoms with E-state index in [2.05, 4.69) is 4.85 Å². The molecule has 0 N–H and O–H groups in total. The summed E-state index contributed by atoms with van der Waals surface area (Å²) >= 11 is 5.46. The summed E-state index contributed by atoms with van der Waals surface area (Å²) in [7, 11) is 0. The van der Waals surface area contributed by atoms with Crippen molar-refractivity contribution in [3.8, 4) is 0 Å². The van der Waals surface area contributed by atoms with E-state index in [1.165, 1.54) is 0 Å². The Bertz CT molecular complexity index is 414. The molecule has 1 aromatic rings. The van der Waals surface area contributed by atoms with Gasteiger partial charge in [-0.05, 0) is 6.07 Å². The first-order chi connectivity index (χ1) is 6.06. The average Bonchev–Trinajstić information content (AvgIpc) is 2.07. The zero-order valence-corrected chi connectivity index (χ0v) is 6.88. The highest BCUT2D eigenvalue weighted by Gasteiger charge is 2.16. The van der Waals surface area contributed by atoms with Gasteiger partial charge >= 0.3 is 5.69 Å². The van der Waals surface area contributed by atoms with Crippen LogP contribution in [0.1, 0.15) is 0 Å². The lowest BCUT2D eigenvalue weighted by atomic mass is 10.3. The maximum Gasteiger partial charge on any atom is 0.303 e. The van der Waals surface area contributed by atoms with Gasteiger partial charge in [-0.2, -0.15) is 0 Å². The zero-order chi connectivity index (χ0) is 10.0. The molecule has 0 fully saturated rings. The van der Waals surface area contributed by atoms with Gasteiger partial charge in [0.1, 0.15) is 0 Å². The van der Waals surface area contributed by atoms with Gasteiger partial charge in [-0.25, -0.2) is 9.24 Å². The van der Waals surface area contributed by atoms with Crippen LogP contribution in [0.3, 0.4) is 0 Å². The zero-order valence-electron chi connectivity index (χ0n) is 6.12. The van der Waals surface area contributed by atoms with Crippen molar-refractivity contribution in [3.05, 3.63) is 44.5 Å². The van der Waals surface area contributed by atoms with Crippen LogP contribution in [0.15, 0.2) is 12.1 Å². The number of hydrogen-bond donors (Lipinski definition) is 0. The number of halogens is 2. The molecule has 0 bridgehead atoms. The summed E-state index contributed by atoms with van der Waals surface area (Å²) in [6, 6.07) is 1.57. The Morgan fingerprint density at radius 2 is 2.23 bits per heavy atom. The van der Waals surface area contributed by atoms with Crippen LogP contribution in [-0.4, -0.2) is 4.92 Å². The monoisotopic (exact) mass is 200 g/mol. The molecule has 13 heavy (non-hydrogen) atoms. The quantitative estimate of drug-likeness (QED) is 0.398. The van der Waals surface area contributed by atoms with Gasteiger partial charge in [0.2, 0.25) is 5.69 Å². The van der Waals surface area contributed by atoms with Crippen molar-refractivity contribution in [2.75, 3.05) is 0 Å². The highest BCUT2D eigenvalue weighted by Crippen LogP contribution is 2.31. The number of nitrogens with zero attached hydrogens (tertiary/aromatic N) is 2. The summed E-state index contributed by atoms with van der Waals surface area (Å²) in [6.45, 7) is 6.56. The Morgan fingerprint density at radius 3 is 2.69 bits per heavy atom. The molecule has 0 aliphatic heterocycles. The smallest absolute Gasteiger partial charge is 0.258 e. The molecule has 1 aromatic carbocycles. The molecular weight excluding hydrogens is 199 g/mol. The summed E-state index contributed by atoms with van der Waals surface area (Å²) in [6.07, 6.45) is 0. The first-order valence-corrected chi connectivity index (χ1v) is 3.45. The Morgan fingerprint density at radius 1 is 1.62 bits per heavy atom. The summed E-state index contributed by atoms with van der Waals surface area (Å²) in [5, 5.41) is 10.1. The third-order valence-corrected chi connectivity index (χ3v) is 1.64. The maximum atomic E-state index is 12.8. The molecule has 4 nitrogen and oxygen atoms in total. The van der Waals surface area contributed by atoms with Gasteiger partial charge in [0.05, 0.1) is 16.5 Å². The van der Waals surface area contributed by atoms with E-state index in [0.29, 0.717) is 0 Å². The van der Waals surface area contributed by atoms with Crippen LogP contribution in [0.2, 0.25) is 5.02 Å². The van der Waals surface area contributed by atoms with E-state index < -0.39 is 16.4 Å². The van der Waals surface area contributed by atoms with Crippen LogP contribution in [-0.2, 0) is 0 Å². The molecule has 66 valence electrons. The molecule has 0 aromatic heterocycles. The fourth-order valence-electron chi connectivity index (χ4n) is 0.751. The Labute approximate surface area is 77.5 Å². The third kappa shape index (κ3) is 1.73. The second-order valence-corrected chi connectivity index (χ2v) is 2.53. The lowest BCUT2D eigenvalue weighted by Gasteiger charge is -1.96. The number of nitro groups is 1. The van der Waals surface area contributed by atoms with E-state index in [1.807, 2.05) is 0 Å². The summed E-state index contributed by atoms with van der Waals surface area (Å²) in [5.74, 6) is -1.06. The first-order valence-electron chi connectivity index (χ1n) is 3.07. The van der Waals surface area contributed by atoms with Crippen molar-refractivity contribution in [1.29, 1.82) is 0 Å². The highest BCUT2D eigenvalue weighted by molar-refractivity contribution is 6.33. The van der Waals surface area contributed by atoms with E-state index in [9.17, 15) is 14.5 Å². The molecule has 0 aliphatic carbocycles. The van der Waals surface area contributed by atoms with Crippen LogP contribution in [0.25, 0.3) is 4.85 Å². The van der Waals surface area contributed by atoms with Crippen molar-refractivity contribution in [3.63, 3.8) is 0 Å². The number of hydrogen-bond acceptors (Lipinski definition) is 2. The predicted octanol–water partition coefficient (Wildman–Crippen LogP) is 2.94. The van der Waals surface area contributed by atoms with Crippen LogP contribution >= 0.6 is 11.6 Å². The molecular formula is C7H2ClFN2O2. The number of benzene rings is 1. The van der Waals surface area contributed by atoms with Crippen molar-refractivity contribution in [2.24, 2.45) is 0 Å². The number of rotatable bonds is 1. The van der Waals surface area contributed by atoms with Crippen molar-refractivity contribution >= 4 is 23.0 Å². The SMILES string of the molecule is [C-]#[N+]c1cc(F)c([N+](=O)[O-])cc1Cl. The van der Waals surface area contributed by atoms with Crippen molar-refractivity contribution in [2.45, 2.75) is 0 Å². The summed E-state index contributed by atoms with van der Waals surface area (Å²) in [4.78, 5) is 12.2. The normalized spacial score (nSPS) is 9.31. The molecule has 0 saturated carbocycles. The molecule has 0 atom stereocenters. The lowest BCUT2D eigenvalue weighted by Crippen LogP contribution is -1.91. The molecule has 0 unspecified atom stereocenters. The first kappa shape index (κ1) is 9.42. The van der Waals surface area contributed by atoms with E-state index >= 15 is 0 Å². The largest absolute Gasteiger partial charge is 0.303 e. The second-order valence-electron chi connectivity index (χ2n) is 2.12. The fourth-order valence-corrected chi connectivity index (χ4v) is 0.952. The minimum absolute atomic E-state index is 0.122. The molecule has 6 heteroatoms. The van der Waals surface area contributed by atoms with Gasteiger partial charge in [0, 0.05) is 6.07 Å². The summed E-state index contributed by atoms with van der Waals surface area (Å²) < 4.78 is 12.8. The van der Waals surface area contributed by atoms with E-state index in [-0.39, 0.29) is 10.7 Å². The fraction of sp³-hybridized carbons (Fsp3) is 0. The van der Waals surface area contributed by atoms with Gasteiger partial charge in [0.25, 0.3) is 0 Å². The minimum atomic E-state index is -1.06. The minimum Gasteiger partial charge on any atom is -0.258 e. The van der Waals surface area contributed by atoms with Gasteiger partial charge < -0.3 is 0 Å². The molecule has 0 saturated heterocycles. The van der Waals surface area contributed by atoms with Gasteiger partial charge in [-0.15, -0.1) is 0 Å². The van der Waals surface area contributed by atoms with Crippen LogP contribution < -0.4 is 0 Å². The Kier molecular flexibility index (Phi) is 2.44. The highest BCUT2D eigenvalue weighted by atomic mass is 35.5. The Hall–Kier alpha value is -1.67. The van der Waals surface area contributed by atoms with Gasteiger partial charge in [-0.1, -0.05) is 11.6 Å². The van der Waals surface area contributed by atoms with Crippen LogP contribution in [0.4, 0.5) is 15.8 Å². The molecule has 1 rings (SSSR count). The molecule has 0 spiro atoms. The Balaban J connectivity index is 3.39. The van der Waals surface area contributed by atoms with Crippen molar-refractivity contribution < 1.29 is 9.31 Å². The van der Waals surface area contributed by atoms with Gasteiger partial charge in [0.15, 0.2) is 5.82 Å². The molecule has 0 radical (unpaired) electrons. The molecule has 0 amide bonds. The van der Waals surface area contributed by atoms with Crippen LogP contribution in [0, 0.1) is 22.5 Å². The predicted molar refractivity (Wildman–Crippen MR) is 44.3 cm³/mol. The summed E-state index contributed by atoms with van der Waals surface area (Å²) in [5.41, 5.74) is -0.859. The average molecular weight is 201 g/mol. The topological polar surface area (TPSA) is 47.5 Å². The van der Waals surface area contributed by atoms with E-state index in [1.54, 1.807) is 0 Å². The van der Waals surface area contributed by atoms with Gasteiger partial charge in [-0.3, -0.25) is 10.1 Å². The number of nitro benzene ring substituents is 1. The lowest BCUT2D eigenvalue weighted by molar-refractivity contribution is -0.387. The third-order valence-electron chi connectivity index (χ3n) is 1.33. The molecule has 0 aliphatic rings. The maximum absolute atomic E-state index is 12.8. The van der Waals surface area contributed by atoms with E-state index in [0.717, 1.165) is 12.1 Å². The standard InChI is InChI=1S/C7H2ClFN2O2/c1-10-6-3-5(9)7(11(12)13)2-4(6)8/h2-3H. The van der Waals surface area contributed by atoms with Crippen molar-refractivity contribution in [1.82, 2.24) is 0 Å². The second kappa shape index (κ2) is 3.37. The van der Waals surface area contributed by atoms with E-state index in [4.69, 9.17) is 18.2 Å². The molecule has 0 heterocycles.